The molecule has 0 spiro atoms. The molecule has 17 heavy (non-hydrogen) atoms. The molecule has 2 heterocycles. The van der Waals surface area contributed by atoms with Crippen LogP contribution < -0.4 is 0 Å². The Morgan fingerprint density at radius 2 is 2.29 bits per heavy atom. The zero-order chi connectivity index (χ0) is 11.8. The van der Waals surface area contributed by atoms with Gasteiger partial charge in [0.15, 0.2) is 5.65 Å². The molecule has 3 rings (SSSR count). The van der Waals surface area contributed by atoms with Crippen molar-refractivity contribution in [3.05, 3.63) is 23.7 Å². The molecule has 0 aliphatic heterocycles. The van der Waals surface area contributed by atoms with Crippen molar-refractivity contribution < 1.29 is 0 Å². The minimum absolute atomic E-state index is 0.461. The minimum atomic E-state index is 0.461. The van der Waals surface area contributed by atoms with Crippen LogP contribution >= 0.6 is 11.6 Å². The first-order chi connectivity index (χ1) is 8.29. The number of imidazole rings is 1. The smallest absolute Gasteiger partial charge is 0.160 e. The maximum Gasteiger partial charge on any atom is 0.160 e. The monoisotopic (exact) mass is 249 g/mol. The molecule has 0 aromatic carbocycles. The van der Waals surface area contributed by atoms with Gasteiger partial charge in [-0.25, -0.2) is 9.97 Å². The van der Waals surface area contributed by atoms with Crippen LogP contribution in [0.15, 0.2) is 12.3 Å². The summed E-state index contributed by atoms with van der Waals surface area (Å²) >= 11 is 5.99. The summed E-state index contributed by atoms with van der Waals surface area (Å²) in [5.74, 6) is 2.20. The van der Waals surface area contributed by atoms with E-state index in [1.165, 1.54) is 24.8 Å². The third kappa shape index (κ3) is 1.82. The highest BCUT2D eigenvalue weighted by atomic mass is 35.5. The highest BCUT2D eigenvalue weighted by Gasteiger charge is 2.21. The topological polar surface area (TPSA) is 30.7 Å². The lowest BCUT2D eigenvalue weighted by molar-refractivity contribution is 0.277. The van der Waals surface area contributed by atoms with Crippen molar-refractivity contribution in [1.29, 1.82) is 0 Å². The van der Waals surface area contributed by atoms with Gasteiger partial charge in [-0.1, -0.05) is 6.42 Å². The zero-order valence-corrected chi connectivity index (χ0v) is 10.7. The van der Waals surface area contributed by atoms with Gasteiger partial charge >= 0.3 is 0 Å². The Morgan fingerprint density at radius 1 is 1.47 bits per heavy atom. The van der Waals surface area contributed by atoms with Gasteiger partial charge in [-0.05, 0) is 37.3 Å². The quantitative estimate of drug-likeness (QED) is 0.782. The van der Waals surface area contributed by atoms with Crippen LogP contribution in [0.3, 0.4) is 0 Å². The van der Waals surface area contributed by atoms with E-state index in [1.807, 2.05) is 12.3 Å². The van der Waals surface area contributed by atoms with E-state index in [1.54, 1.807) is 0 Å². The largest absolute Gasteiger partial charge is 0.311 e. The molecule has 0 bridgehead atoms. The van der Waals surface area contributed by atoms with Crippen LogP contribution in [-0.2, 0) is 12.4 Å². The van der Waals surface area contributed by atoms with Crippen LogP contribution in [0.5, 0.6) is 0 Å². The summed E-state index contributed by atoms with van der Waals surface area (Å²) in [6.45, 7) is 3.09. The van der Waals surface area contributed by atoms with Crippen molar-refractivity contribution in [2.24, 2.45) is 5.92 Å². The number of aromatic nitrogens is 3. The molecule has 0 amide bonds. The van der Waals surface area contributed by atoms with Crippen LogP contribution in [0.1, 0.15) is 30.7 Å². The van der Waals surface area contributed by atoms with Gasteiger partial charge in [0.1, 0.15) is 11.3 Å². The number of fused-ring (bicyclic) bond motifs is 1. The van der Waals surface area contributed by atoms with E-state index in [4.69, 9.17) is 11.6 Å². The summed E-state index contributed by atoms with van der Waals surface area (Å²) in [6.07, 6.45) is 5.87. The third-order valence-corrected chi connectivity index (χ3v) is 3.94. The average Bonchev–Trinajstić information content (AvgIpc) is 2.63. The molecule has 3 nitrogen and oxygen atoms in total. The summed E-state index contributed by atoms with van der Waals surface area (Å²) < 4.78 is 2.21. The second kappa shape index (κ2) is 4.30. The second-order valence-electron chi connectivity index (χ2n) is 4.87. The Balaban J connectivity index is 2.09. The van der Waals surface area contributed by atoms with E-state index in [0.717, 1.165) is 29.5 Å². The first-order valence-corrected chi connectivity index (χ1v) is 6.69. The maximum absolute atomic E-state index is 5.99. The number of rotatable bonds is 3. The molecule has 0 saturated heterocycles. The zero-order valence-electron chi connectivity index (χ0n) is 9.99. The molecule has 0 radical (unpaired) electrons. The predicted octanol–water partition coefficient (Wildman–Crippen LogP) is 3.28. The van der Waals surface area contributed by atoms with Crippen molar-refractivity contribution in [3.63, 3.8) is 0 Å². The Hall–Kier alpha value is -1.09. The fourth-order valence-corrected chi connectivity index (χ4v) is 2.61. The molecule has 0 unspecified atom stereocenters. The lowest BCUT2D eigenvalue weighted by Crippen LogP contribution is -2.19. The standard InChI is InChI=1S/C13H16ClN3/c1-9-5-6-15-13-12(9)16-11(7-14)17(13)8-10-3-2-4-10/h5-6,10H,2-4,7-8H2,1H3. The first-order valence-electron chi connectivity index (χ1n) is 6.16. The van der Waals surface area contributed by atoms with E-state index < -0.39 is 0 Å². The number of hydrogen-bond acceptors (Lipinski definition) is 2. The molecule has 0 atom stereocenters. The molecular formula is C13H16ClN3. The molecule has 1 aliphatic carbocycles. The van der Waals surface area contributed by atoms with E-state index in [0.29, 0.717) is 5.88 Å². The SMILES string of the molecule is Cc1ccnc2c1nc(CCl)n2CC1CCC1. The van der Waals surface area contributed by atoms with E-state index in [-0.39, 0.29) is 0 Å². The summed E-state index contributed by atoms with van der Waals surface area (Å²) in [7, 11) is 0. The number of pyridine rings is 1. The number of halogens is 1. The second-order valence-corrected chi connectivity index (χ2v) is 5.14. The number of alkyl halides is 1. The fraction of sp³-hybridized carbons (Fsp3) is 0.538. The van der Waals surface area contributed by atoms with Crippen molar-refractivity contribution in [1.82, 2.24) is 14.5 Å². The number of hydrogen-bond donors (Lipinski definition) is 0. The third-order valence-electron chi connectivity index (χ3n) is 3.70. The molecule has 4 heteroatoms. The normalized spacial score (nSPS) is 16.4. The molecule has 1 fully saturated rings. The van der Waals surface area contributed by atoms with Crippen molar-refractivity contribution in [2.75, 3.05) is 0 Å². The predicted molar refractivity (Wildman–Crippen MR) is 69.2 cm³/mol. The van der Waals surface area contributed by atoms with E-state index >= 15 is 0 Å². The van der Waals surface area contributed by atoms with Gasteiger partial charge in [0.25, 0.3) is 0 Å². The van der Waals surface area contributed by atoms with Crippen molar-refractivity contribution in [2.45, 2.75) is 38.6 Å². The first kappa shape index (κ1) is 11.0. The van der Waals surface area contributed by atoms with Crippen LogP contribution in [0.25, 0.3) is 11.2 Å². The van der Waals surface area contributed by atoms with Crippen LogP contribution in [0.2, 0.25) is 0 Å². The van der Waals surface area contributed by atoms with Crippen molar-refractivity contribution in [3.8, 4) is 0 Å². The Bertz CT molecular complexity index is 543. The van der Waals surface area contributed by atoms with Crippen LogP contribution in [0.4, 0.5) is 0 Å². The van der Waals surface area contributed by atoms with Gasteiger partial charge in [0, 0.05) is 12.7 Å². The summed E-state index contributed by atoms with van der Waals surface area (Å²) in [6, 6.07) is 2.00. The Kier molecular flexibility index (Phi) is 2.79. The Labute approximate surface area is 106 Å². The highest BCUT2D eigenvalue weighted by Crippen LogP contribution is 2.30. The van der Waals surface area contributed by atoms with E-state index in [9.17, 15) is 0 Å². The lowest BCUT2D eigenvalue weighted by atomic mass is 9.85. The van der Waals surface area contributed by atoms with E-state index in [2.05, 4.69) is 21.5 Å². The van der Waals surface area contributed by atoms with Gasteiger partial charge in [-0.2, -0.15) is 0 Å². The number of aryl methyl sites for hydroxylation is 1. The molecule has 2 aromatic heterocycles. The Morgan fingerprint density at radius 3 is 2.94 bits per heavy atom. The van der Waals surface area contributed by atoms with Gasteiger partial charge in [-0.15, -0.1) is 11.6 Å². The molecule has 90 valence electrons. The van der Waals surface area contributed by atoms with Crippen LogP contribution in [-0.4, -0.2) is 14.5 Å². The summed E-state index contributed by atoms with van der Waals surface area (Å²) in [5, 5.41) is 0. The van der Waals surface area contributed by atoms with Crippen molar-refractivity contribution >= 4 is 22.8 Å². The molecule has 1 saturated carbocycles. The fourth-order valence-electron chi connectivity index (χ4n) is 2.41. The van der Waals surface area contributed by atoms with Gasteiger partial charge in [0.2, 0.25) is 0 Å². The summed E-state index contributed by atoms with van der Waals surface area (Å²) in [5.41, 5.74) is 3.17. The number of nitrogens with zero attached hydrogens (tertiary/aromatic N) is 3. The van der Waals surface area contributed by atoms with Gasteiger partial charge in [-0.3, -0.25) is 0 Å². The lowest BCUT2D eigenvalue weighted by Gasteiger charge is -2.26. The minimum Gasteiger partial charge on any atom is -0.311 e. The molecule has 2 aromatic rings. The van der Waals surface area contributed by atoms with Crippen LogP contribution in [0, 0.1) is 12.8 Å². The van der Waals surface area contributed by atoms with Gasteiger partial charge < -0.3 is 4.57 Å². The maximum atomic E-state index is 5.99. The average molecular weight is 250 g/mol. The molecule has 0 N–H and O–H groups in total. The molecule has 1 aliphatic rings. The highest BCUT2D eigenvalue weighted by molar-refractivity contribution is 6.16. The summed E-state index contributed by atoms with van der Waals surface area (Å²) in [4.78, 5) is 9.07. The van der Waals surface area contributed by atoms with Gasteiger partial charge in [0.05, 0.1) is 5.88 Å². The molecular weight excluding hydrogens is 234 g/mol.